The van der Waals surface area contributed by atoms with Crippen LogP contribution in [0.2, 0.25) is 0 Å². The molecule has 2 aromatic rings. The van der Waals surface area contributed by atoms with E-state index in [0.717, 1.165) is 16.7 Å². The molecule has 0 bridgehead atoms. The zero-order valence-electron chi connectivity index (χ0n) is 18.1. The minimum absolute atomic E-state index is 0.293. The van der Waals surface area contributed by atoms with Gasteiger partial charge in [0.05, 0.1) is 12.1 Å². The minimum Gasteiger partial charge on any atom is -0.497 e. The Morgan fingerprint density at radius 3 is 2.53 bits per heavy atom. The van der Waals surface area contributed by atoms with Crippen LogP contribution in [0.3, 0.4) is 0 Å². The zero-order valence-corrected chi connectivity index (χ0v) is 18.9. The van der Waals surface area contributed by atoms with Gasteiger partial charge >= 0.3 is 0 Å². The van der Waals surface area contributed by atoms with E-state index in [-0.39, 0.29) is 0 Å². The van der Waals surface area contributed by atoms with Gasteiger partial charge in [0, 0.05) is 28.6 Å². The number of thioether (sulfide) groups is 1. The van der Waals surface area contributed by atoms with Crippen molar-refractivity contribution in [3.8, 4) is 5.75 Å². The lowest BCUT2D eigenvalue weighted by Crippen LogP contribution is -2.52. The number of benzene rings is 1. The summed E-state index contributed by atoms with van der Waals surface area (Å²) in [6.07, 6.45) is 15.6. The standard InChI is InChI=1S/C26H34N2OS/c1-29-20-13-14-22-21(18-20)25(30-23-12-6-9-17-27-23)26(15-7-3-8-16-26)24(28-22)19-10-4-2-5-11-19/h6,9,12-14,17-19,24-25,28H,2-5,7-8,10-11,15-16H2,1H3. The number of rotatable bonds is 4. The number of pyridine rings is 1. The Morgan fingerprint density at radius 2 is 1.80 bits per heavy atom. The average Bonchev–Trinajstić information content (AvgIpc) is 2.82. The summed E-state index contributed by atoms with van der Waals surface area (Å²) in [4.78, 5) is 4.72. The molecule has 1 spiro atoms. The van der Waals surface area contributed by atoms with Gasteiger partial charge < -0.3 is 10.1 Å². The van der Waals surface area contributed by atoms with Gasteiger partial charge in [-0.1, -0.05) is 56.4 Å². The van der Waals surface area contributed by atoms with E-state index in [0.29, 0.717) is 16.7 Å². The minimum atomic E-state index is 0.293. The second kappa shape index (κ2) is 8.82. The summed E-state index contributed by atoms with van der Waals surface area (Å²) in [5.41, 5.74) is 3.02. The van der Waals surface area contributed by atoms with E-state index in [9.17, 15) is 0 Å². The van der Waals surface area contributed by atoms with Crippen LogP contribution in [-0.4, -0.2) is 18.1 Å². The van der Waals surface area contributed by atoms with Gasteiger partial charge in [-0.15, -0.1) is 0 Å². The maximum absolute atomic E-state index is 5.65. The molecule has 5 rings (SSSR count). The van der Waals surface area contributed by atoms with Crippen LogP contribution in [0, 0.1) is 11.3 Å². The third kappa shape index (κ3) is 3.72. The van der Waals surface area contributed by atoms with Crippen molar-refractivity contribution in [1.82, 2.24) is 4.98 Å². The quantitative estimate of drug-likeness (QED) is 0.563. The number of anilines is 1. The highest BCUT2D eigenvalue weighted by Gasteiger charge is 2.53. The molecule has 1 N–H and O–H groups in total. The Labute approximate surface area is 185 Å². The molecule has 0 amide bonds. The molecule has 2 heterocycles. The van der Waals surface area contributed by atoms with E-state index >= 15 is 0 Å². The molecular formula is C26H34N2OS. The Balaban J connectivity index is 1.61. The summed E-state index contributed by atoms with van der Waals surface area (Å²) >= 11 is 1.99. The van der Waals surface area contributed by atoms with Gasteiger partial charge in [0.2, 0.25) is 0 Å². The van der Waals surface area contributed by atoms with Gasteiger partial charge in [0.1, 0.15) is 5.75 Å². The summed E-state index contributed by atoms with van der Waals surface area (Å²) < 4.78 is 5.65. The number of hydrogen-bond acceptors (Lipinski definition) is 4. The summed E-state index contributed by atoms with van der Waals surface area (Å²) in [7, 11) is 1.78. The highest BCUT2D eigenvalue weighted by atomic mass is 32.2. The Morgan fingerprint density at radius 1 is 1.00 bits per heavy atom. The van der Waals surface area contributed by atoms with Crippen LogP contribution >= 0.6 is 11.8 Å². The van der Waals surface area contributed by atoms with E-state index < -0.39 is 0 Å². The van der Waals surface area contributed by atoms with E-state index in [1.165, 1.54) is 75.5 Å². The first-order valence-corrected chi connectivity index (χ1v) is 12.7. The van der Waals surface area contributed by atoms with Gasteiger partial charge in [0.15, 0.2) is 0 Å². The highest BCUT2D eigenvalue weighted by molar-refractivity contribution is 7.99. The number of hydrogen-bond donors (Lipinski definition) is 1. The fraction of sp³-hybridized carbons (Fsp3) is 0.577. The summed E-state index contributed by atoms with van der Waals surface area (Å²) in [5, 5.41) is 5.67. The largest absolute Gasteiger partial charge is 0.497 e. The van der Waals surface area contributed by atoms with Crippen LogP contribution in [0.1, 0.15) is 75.0 Å². The predicted octanol–water partition coefficient (Wildman–Crippen LogP) is 7.25. The molecule has 2 fully saturated rings. The number of methoxy groups -OCH3 is 1. The van der Waals surface area contributed by atoms with Crippen molar-refractivity contribution in [2.75, 3.05) is 12.4 Å². The van der Waals surface area contributed by atoms with Gasteiger partial charge in [-0.2, -0.15) is 0 Å². The molecule has 1 aromatic carbocycles. The summed E-state index contributed by atoms with van der Waals surface area (Å²) in [5.74, 6) is 1.75. The summed E-state index contributed by atoms with van der Waals surface area (Å²) in [6.45, 7) is 0. The molecule has 30 heavy (non-hydrogen) atoms. The van der Waals surface area contributed by atoms with Crippen LogP contribution in [0.4, 0.5) is 5.69 Å². The number of aromatic nitrogens is 1. The lowest BCUT2D eigenvalue weighted by Gasteiger charge is -2.55. The van der Waals surface area contributed by atoms with Crippen molar-refractivity contribution in [3.05, 3.63) is 48.2 Å². The van der Waals surface area contributed by atoms with Crippen LogP contribution in [0.25, 0.3) is 0 Å². The molecule has 0 radical (unpaired) electrons. The van der Waals surface area contributed by atoms with Crippen molar-refractivity contribution >= 4 is 17.4 Å². The van der Waals surface area contributed by atoms with Crippen LogP contribution < -0.4 is 10.1 Å². The first kappa shape index (κ1) is 20.2. The van der Waals surface area contributed by atoms with E-state index in [1.807, 2.05) is 24.0 Å². The molecule has 4 heteroatoms. The van der Waals surface area contributed by atoms with Gasteiger partial charge in [0.25, 0.3) is 0 Å². The third-order valence-corrected chi connectivity index (χ3v) is 9.22. The van der Waals surface area contributed by atoms with Gasteiger partial charge in [-0.25, -0.2) is 4.98 Å². The summed E-state index contributed by atoms with van der Waals surface area (Å²) in [6, 6.07) is 13.5. The van der Waals surface area contributed by atoms with Crippen LogP contribution in [-0.2, 0) is 0 Å². The first-order valence-electron chi connectivity index (χ1n) is 11.8. The average molecular weight is 423 g/mol. The fourth-order valence-electron chi connectivity index (χ4n) is 6.36. The lowest BCUT2D eigenvalue weighted by molar-refractivity contribution is 0.0946. The molecule has 2 unspecified atom stereocenters. The van der Waals surface area contributed by atoms with Crippen molar-refractivity contribution in [3.63, 3.8) is 0 Å². The molecule has 160 valence electrons. The fourth-order valence-corrected chi connectivity index (χ4v) is 7.82. The molecule has 3 nitrogen and oxygen atoms in total. The Kier molecular flexibility index (Phi) is 5.95. The SMILES string of the molecule is COc1ccc2c(c1)C(Sc1ccccn1)C1(CCCCC1)C(C1CCCCC1)N2. The van der Waals surface area contributed by atoms with Gasteiger partial charge in [-0.3, -0.25) is 0 Å². The molecule has 1 aliphatic heterocycles. The lowest BCUT2D eigenvalue weighted by atomic mass is 9.59. The van der Waals surface area contributed by atoms with Crippen molar-refractivity contribution in [2.24, 2.45) is 11.3 Å². The number of nitrogens with one attached hydrogen (secondary N) is 1. The number of ether oxygens (including phenoxy) is 1. The first-order chi connectivity index (χ1) is 14.8. The third-order valence-electron chi connectivity index (χ3n) is 7.78. The normalized spacial score (nSPS) is 26.0. The Hall–Kier alpha value is -1.68. The Bertz CT molecular complexity index is 843. The molecule has 1 aromatic heterocycles. The van der Waals surface area contributed by atoms with Crippen molar-refractivity contribution in [2.45, 2.75) is 80.5 Å². The predicted molar refractivity (Wildman–Crippen MR) is 125 cm³/mol. The molecule has 2 saturated carbocycles. The van der Waals surface area contributed by atoms with Crippen molar-refractivity contribution < 1.29 is 4.74 Å². The van der Waals surface area contributed by atoms with Crippen molar-refractivity contribution in [1.29, 1.82) is 0 Å². The zero-order chi connectivity index (χ0) is 20.4. The molecule has 3 aliphatic rings. The highest BCUT2D eigenvalue weighted by Crippen LogP contribution is 2.62. The van der Waals surface area contributed by atoms with Crippen LogP contribution in [0.5, 0.6) is 5.75 Å². The maximum Gasteiger partial charge on any atom is 0.119 e. The topological polar surface area (TPSA) is 34.1 Å². The monoisotopic (exact) mass is 422 g/mol. The second-order valence-corrected chi connectivity index (χ2v) is 10.6. The van der Waals surface area contributed by atoms with E-state index in [4.69, 9.17) is 9.72 Å². The second-order valence-electron chi connectivity index (χ2n) is 9.43. The number of fused-ring (bicyclic) bond motifs is 1. The smallest absolute Gasteiger partial charge is 0.119 e. The molecule has 2 aliphatic carbocycles. The van der Waals surface area contributed by atoms with Gasteiger partial charge in [-0.05, 0) is 67.5 Å². The van der Waals surface area contributed by atoms with E-state index in [1.54, 1.807) is 7.11 Å². The van der Waals surface area contributed by atoms with Crippen LogP contribution in [0.15, 0.2) is 47.6 Å². The number of nitrogens with zero attached hydrogens (tertiary/aromatic N) is 1. The van der Waals surface area contributed by atoms with E-state index in [2.05, 4.69) is 35.6 Å². The molecule has 2 atom stereocenters. The maximum atomic E-state index is 5.65. The molecular weight excluding hydrogens is 388 g/mol. The molecule has 0 saturated heterocycles.